The third-order valence-electron chi connectivity index (χ3n) is 4.63. The summed E-state index contributed by atoms with van der Waals surface area (Å²) in [5.41, 5.74) is 3.67. The van der Waals surface area contributed by atoms with Crippen LogP contribution in [-0.2, 0) is 7.05 Å². The highest BCUT2D eigenvalue weighted by Gasteiger charge is 2.29. The lowest BCUT2D eigenvalue weighted by atomic mass is 10.1. The van der Waals surface area contributed by atoms with E-state index in [1.807, 2.05) is 23.1 Å². The average Bonchev–Trinajstić information content (AvgIpc) is 2.94. The van der Waals surface area contributed by atoms with E-state index in [9.17, 15) is 4.79 Å². The van der Waals surface area contributed by atoms with Gasteiger partial charge in [-0.05, 0) is 24.1 Å². The summed E-state index contributed by atoms with van der Waals surface area (Å²) < 4.78 is 1.58. The Kier molecular flexibility index (Phi) is 3.63. The molecule has 0 saturated heterocycles. The molecule has 7 nitrogen and oxygen atoms in total. The first kappa shape index (κ1) is 15.6. The third kappa shape index (κ3) is 2.52. The number of para-hydroxylation sites is 2. The zero-order valence-corrected chi connectivity index (χ0v) is 14.5. The lowest BCUT2D eigenvalue weighted by Crippen LogP contribution is -2.35. The van der Waals surface area contributed by atoms with E-state index < -0.39 is 0 Å². The molecule has 1 amide bonds. The van der Waals surface area contributed by atoms with Gasteiger partial charge in [0.15, 0.2) is 5.65 Å². The standard InChI is InChI=1S/C18H20N6O/c1-12-10-22(2)14-6-4-5-7-15(14)24(11-12)18(25)13-8-9-19-17-16(13)20-21-23(17)3/h4-9,12H,10-11H2,1-3H3. The van der Waals surface area contributed by atoms with E-state index in [1.54, 1.807) is 24.0 Å². The van der Waals surface area contributed by atoms with E-state index in [-0.39, 0.29) is 5.91 Å². The highest BCUT2D eigenvalue weighted by molar-refractivity contribution is 6.13. The molecule has 4 rings (SSSR count). The molecule has 7 heteroatoms. The van der Waals surface area contributed by atoms with Crippen LogP contribution in [0.3, 0.4) is 0 Å². The minimum Gasteiger partial charge on any atom is -0.373 e. The van der Waals surface area contributed by atoms with Gasteiger partial charge >= 0.3 is 0 Å². The van der Waals surface area contributed by atoms with Crippen molar-refractivity contribution in [3.63, 3.8) is 0 Å². The molecule has 1 atom stereocenters. The molecular weight excluding hydrogens is 316 g/mol. The monoisotopic (exact) mass is 336 g/mol. The molecule has 1 unspecified atom stereocenters. The maximum atomic E-state index is 13.4. The molecule has 0 bridgehead atoms. The van der Waals surface area contributed by atoms with Crippen LogP contribution in [0.5, 0.6) is 0 Å². The fourth-order valence-corrected chi connectivity index (χ4v) is 3.49. The van der Waals surface area contributed by atoms with Crippen LogP contribution in [0.2, 0.25) is 0 Å². The predicted octanol–water partition coefficient (Wildman–Crippen LogP) is 2.10. The lowest BCUT2D eigenvalue weighted by molar-refractivity contribution is 0.0985. The Labute approximate surface area is 145 Å². The number of nitrogens with zero attached hydrogens (tertiary/aromatic N) is 6. The fraction of sp³-hybridized carbons (Fsp3) is 0.333. The van der Waals surface area contributed by atoms with Crippen molar-refractivity contribution in [1.29, 1.82) is 0 Å². The highest BCUT2D eigenvalue weighted by Crippen LogP contribution is 2.34. The zero-order chi connectivity index (χ0) is 17.6. The van der Waals surface area contributed by atoms with Crippen LogP contribution in [0.15, 0.2) is 36.5 Å². The van der Waals surface area contributed by atoms with Gasteiger partial charge < -0.3 is 9.80 Å². The van der Waals surface area contributed by atoms with Crippen molar-refractivity contribution in [3.8, 4) is 0 Å². The van der Waals surface area contributed by atoms with Gasteiger partial charge in [0.05, 0.1) is 16.9 Å². The van der Waals surface area contributed by atoms with Gasteiger partial charge in [-0.25, -0.2) is 9.67 Å². The molecule has 25 heavy (non-hydrogen) atoms. The Morgan fingerprint density at radius 2 is 1.88 bits per heavy atom. The predicted molar refractivity (Wildman–Crippen MR) is 96.9 cm³/mol. The number of aromatic nitrogens is 4. The minimum absolute atomic E-state index is 0.0671. The normalized spacial score (nSPS) is 17.5. The van der Waals surface area contributed by atoms with Crippen molar-refractivity contribution in [2.75, 3.05) is 29.9 Å². The number of carbonyl (C=O) groups is 1. The maximum Gasteiger partial charge on any atom is 0.260 e. The van der Waals surface area contributed by atoms with Gasteiger partial charge in [-0.1, -0.05) is 24.3 Å². The lowest BCUT2D eigenvalue weighted by Gasteiger charge is -2.24. The topological polar surface area (TPSA) is 67.2 Å². The number of benzene rings is 1. The quantitative estimate of drug-likeness (QED) is 0.681. The molecule has 2 aromatic heterocycles. The van der Waals surface area contributed by atoms with Crippen molar-refractivity contribution >= 4 is 28.4 Å². The number of rotatable bonds is 1. The number of anilines is 2. The van der Waals surface area contributed by atoms with E-state index in [0.29, 0.717) is 29.2 Å². The van der Waals surface area contributed by atoms with E-state index in [1.165, 1.54) is 0 Å². The van der Waals surface area contributed by atoms with Gasteiger partial charge in [-0.15, -0.1) is 5.10 Å². The first-order chi connectivity index (χ1) is 12.1. The van der Waals surface area contributed by atoms with Crippen molar-refractivity contribution in [2.45, 2.75) is 6.92 Å². The van der Waals surface area contributed by atoms with Crippen molar-refractivity contribution < 1.29 is 4.79 Å². The fourth-order valence-electron chi connectivity index (χ4n) is 3.49. The Morgan fingerprint density at radius 3 is 2.68 bits per heavy atom. The maximum absolute atomic E-state index is 13.4. The number of hydrogen-bond acceptors (Lipinski definition) is 5. The third-order valence-corrected chi connectivity index (χ3v) is 4.63. The smallest absolute Gasteiger partial charge is 0.260 e. The highest BCUT2D eigenvalue weighted by atomic mass is 16.2. The minimum atomic E-state index is -0.0671. The van der Waals surface area contributed by atoms with Gasteiger partial charge in [-0.3, -0.25) is 4.79 Å². The van der Waals surface area contributed by atoms with Crippen LogP contribution in [0, 0.1) is 5.92 Å². The van der Waals surface area contributed by atoms with Crippen molar-refractivity contribution in [2.24, 2.45) is 13.0 Å². The number of hydrogen-bond donors (Lipinski definition) is 0. The van der Waals surface area contributed by atoms with Gasteiger partial charge in [0.2, 0.25) is 0 Å². The van der Waals surface area contributed by atoms with Gasteiger partial charge in [-0.2, -0.15) is 0 Å². The summed E-state index contributed by atoms with van der Waals surface area (Å²) in [7, 11) is 3.84. The van der Waals surface area contributed by atoms with Crippen molar-refractivity contribution in [3.05, 3.63) is 42.1 Å². The average molecular weight is 336 g/mol. The second-order valence-corrected chi connectivity index (χ2v) is 6.63. The molecule has 3 heterocycles. The number of aryl methyl sites for hydroxylation is 1. The molecule has 1 aliphatic heterocycles. The van der Waals surface area contributed by atoms with Crippen LogP contribution in [0.25, 0.3) is 11.2 Å². The van der Waals surface area contributed by atoms with E-state index >= 15 is 0 Å². The molecule has 3 aromatic rings. The second-order valence-electron chi connectivity index (χ2n) is 6.63. The van der Waals surface area contributed by atoms with E-state index in [4.69, 9.17) is 0 Å². The SMILES string of the molecule is CC1CN(C)c2ccccc2N(C(=O)c2ccnc3c2nnn3C)C1. The summed E-state index contributed by atoms with van der Waals surface area (Å²) >= 11 is 0. The van der Waals surface area contributed by atoms with E-state index in [0.717, 1.165) is 17.9 Å². The molecule has 0 spiro atoms. The summed E-state index contributed by atoms with van der Waals surface area (Å²) in [5.74, 6) is 0.281. The van der Waals surface area contributed by atoms with Crippen LogP contribution in [-0.4, -0.2) is 46.0 Å². The molecule has 128 valence electrons. The largest absolute Gasteiger partial charge is 0.373 e. The molecule has 0 N–H and O–H groups in total. The molecule has 0 radical (unpaired) electrons. The number of amides is 1. The molecule has 1 aliphatic rings. The summed E-state index contributed by atoms with van der Waals surface area (Å²) in [6.07, 6.45) is 1.64. The summed E-state index contributed by atoms with van der Waals surface area (Å²) in [6, 6.07) is 9.74. The van der Waals surface area contributed by atoms with Gasteiger partial charge in [0, 0.05) is 33.4 Å². The number of fused-ring (bicyclic) bond motifs is 2. The number of carbonyl (C=O) groups excluding carboxylic acids is 1. The van der Waals surface area contributed by atoms with Crippen LogP contribution < -0.4 is 9.80 Å². The van der Waals surface area contributed by atoms with Gasteiger partial charge in [0.1, 0.15) is 5.52 Å². The Morgan fingerprint density at radius 1 is 1.12 bits per heavy atom. The first-order valence-electron chi connectivity index (χ1n) is 8.32. The molecular formula is C18H20N6O. The van der Waals surface area contributed by atoms with Gasteiger partial charge in [0.25, 0.3) is 5.91 Å². The van der Waals surface area contributed by atoms with Crippen molar-refractivity contribution in [1.82, 2.24) is 20.0 Å². The first-order valence-corrected chi connectivity index (χ1v) is 8.32. The Bertz CT molecular complexity index is 950. The Hall–Kier alpha value is -2.96. The number of pyridine rings is 1. The second kappa shape index (κ2) is 5.84. The molecule has 0 saturated carbocycles. The summed E-state index contributed by atoms with van der Waals surface area (Å²) in [4.78, 5) is 21.7. The van der Waals surface area contributed by atoms with Crippen LogP contribution >= 0.6 is 0 Å². The van der Waals surface area contributed by atoms with Crippen LogP contribution in [0.1, 0.15) is 17.3 Å². The Balaban J connectivity index is 1.84. The van der Waals surface area contributed by atoms with Crippen LogP contribution in [0.4, 0.5) is 11.4 Å². The van der Waals surface area contributed by atoms with E-state index in [2.05, 4.69) is 40.2 Å². The summed E-state index contributed by atoms with van der Waals surface area (Å²) in [6.45, 7) is 3.72. The molecule has 0 fully saturated rings. The zero-order valence-electron chi connectivity index (χ0n) is 14.5. The molecule has 0 aliphatic carbocycles. The molecule has 1 aromatic carbocycles. The summed E-state index contributed by atoms with van der Waals surface area (Å²) in [5, 5.41) is 8.14.